The van der Waals surface area contributed by atoms with Crippen LogP contribution in [-0.2, 0) is 6.42 Å². The molecule has 6 rings (SSSR count). The van der Waals surface area contributed by atoms with E-state index in [0.29, 0.717) is 23.6 Å². The topological polar surface area (TPSA) is 97.3 Å². The normalized spacial score (nSPS) is 11.1. The number of furan rings is 1. The molecular weight excluding hydrogens is 474 g/mol. The fourth-order valence-corrected chi connectivity index (χ4v) is 4.63. The summed E-state index contributed by atoms with van der Waals surface area (Å²) in [5.41, 5.74) is 11.2. The zero-order valence-corrected chi connectivity index (χ0v) is 20.5. The van der Waals surface area contributed by atoms with Crippen molar-refractivity contribution < 1.29 is 9.21 Å². The second kappa shape index (κ2) is 10.2. The van der Waals surface area contributed by atoms with Gasteiger partial charge >= 0.3 is 0 Å². The summed E-state index contributed by atoms with van der Waals surface area (Å²) in [6.07, 6.45) is 4.00. The van der Waals surface area contributed by atoms with Crippen molar-refractivity contribution in [3.8, 4) is 0 Å². The van der Waals surface area contributed by atoms with E-state index in [2.05, 4.69) is 27.4 Å². The molecule has 0 spiro atoms. The molecule has 0 unspecified atom stereocenters. The van der Waals surface area contributed by atoms with Crippen LogP contribution in [0.15, 0.2) is 114 Å². The standard InChI is InChI=1S/C31H25N5O2/c32-17-15-21-11-13-22(14-12-21)31(37)35-23-5-3-6-24(19-23)36(29-16-18-33-20-34-29)27-9-4-8-26-25-7-1-2-10-28(25)38-30(26)27/h1-14,16,18-20H,15,17,32H2,(H,35,37). The van der Waals surface area contributed by atoms with Crippen LogP contribution >= 0.6 is 0 Å². The van der Waals surface area contributed by atoms with E-state index in [4.69, 9.17) is 10.2 Å². The third kappa shape index (κ3) is 4.47. The quantitative estimate of drug-likeness (QED) is 0.257. The molecule has 7 heteroatoms. The molecule has 2 heterocycles. The molecule has 0 atom stereocenters. The van der Waals surface area contributed by atoms with Gasteiger partial charge in [-0.25, -0.2) is 9.97 Å². The van der Waals surface area contributed by atoms with E-state index in [9.17, 15) is 4.79 Å². The Hall–Kier alpha value is -5.01. The Kier molecular flexibility index (Phi) is 6.25. The number of fused-ring (bicyclic) bond motifs is 3. The smallest absolute Gasteiger partial charge is 0.255 e. The molecular formula is C31H25N5O2. The molecule has 3 N–H and O–H groups in total. The van der Waals surface area contributed by atoms with Gasteiger partial charge in [-0.2, -0.15) is 0 Å². The second-order valence-electron chi connectivity index (χ2n) is 8.90. The lowest BCUT2D eigenvalue weighted by Gasteiger charge is -2.24. The average molecular weight is 500 g/mol. The van der Waals surface area contributed by atoms with Crippen LogP contribution in [0.2, 0.25) is 0 Å². The maximum absolute atomic E-state index is 13.0. The van der Waals surface area contributed by atoms with Crippen molar-refractivity contribution in [1.29, 1.82) is 0 Å². The molecule has 0 aliphatic heterocycles. The summed E-state index contributed by atoms with van der Waals surface area (Å²) in [7, 11) is 0. The molecule has 0 radical (unpaired) electrons. The minimum atomic E-state index is -0.186. The number of anilines is 4. The highest BCUT2D eigenvalue weighted by Crippen LogP contribution is 2.41. The van der Waals surface area contributed by atoms with Gasteiger partial charge in [0.25, 0.3) is 5.91 Å². The highest BCUT2D eigenvalue weighted by Gasteiger charge is 2.20. The lowest BCUT2D eigenvalue weighted by molar-refractivity contribution is 0.102. The lowest BCUT2D eigenvalue weighted by Crippen LogP contribution is -2.14. The predicted octanol–water partition coefficient (Wildman–Crippen LogP) is 6.60. The first-order valence-corrected chi connectivity index (χ1v) is 12.4. The van der Waals surface area contributed by atoms with Gasteiger partial charge in [-0.1, -0.05) is 48.5 Å². The number of carbonyl (C=O) groups is 1. The summed E-state index contributed by atoms with van der Waals surface area (Å²) in [5, 5.41) is 5.08. The Bertz CT molecular complexity index is 1730. The van der Waals surface area contributed by atoms with Gasteiger partial charge in [0.15, 0.2) is 5.58 Å². The van der Waals surface area contributed by atoms with Gasteiger partial charge in [0, 0.05) is 33.9 Å². The number of rotatable bonds is 7. The molecule has 38 heavy (non-hydrogen) atoms. The molecule has 4 aromatic carbocycles. The molecule has 1 amide bonds. The first-order valence-electron chi connectivity index (χ1n) is 12.4. The first-order chi connectivity index (χ1) is 18.7. The van der Waals surface area contributed by atoms with Gasteiger partial charge < -0.3 is 15.5 Å². The molecule has 0 aliphatic rings. The van der Waals surface area contributed by atoms with Crippen LogP contribution in [0.3, 0.4) is 0 Å². The van der Waals surface area contributed by atoms with Gasteiger partial charge in [-0.3, -0.25) is 9.69 Å². The zero-order chi connectivity index (χ0) is 25.9. The van der Waals surface area contributed by atoms with Crippen molar-refractivity contribution in [3.63, 3.8) is 0 Å². The van der Waals surface area contributed by atoms with Crippen LogP contribution < -0.4 is 16.0 Å². The van der Waals surface area contributed by atoms with Crippen molar-refractivity contribution in [2.45, 2.75) is 6.42 Å². The van der Waals surface area contributed by atoms with E-state index in [1.165, 1.54) is 6.33 Å². The molecule has 7 nitrogen and oxygen atoms in total. The van der Waals surface area contributed by atoms with E-state index in [1.54, 1.807) is 6.20 Å². The molecule has 0 saturated carbocycles. The minimum Gasteiger partial charge on any atom is -0.454 e. The lowest BCUT2D eigenvalue weighted by atomic mass is 10.1. The van der Waals surface area contributed by atoms with Crippen LogP contribution in [0.5, 0.6) is 0 Å². The number of carbonyl (C=O) groups excluding carboxylic acids is 1. The van der Waals surface area contributed by atoms with Crippen LogP contribution in [0.1, 0.15) is 15.9 Å². The summed E-state index contributed by atoms with van der Waals surface area (Å²) in [6, 6.07) is 31.1. The Labute approximate surface area is 219 Å². The highest BCUT2D eigenvalue weighted by molar-refractivity contribution is 6.10. The monoisotopic (exact) mass is 499 g/mol. The van der Waals surface area contributed by atoms with Crippen molar-refractivity contribution in [3.05, 3.63) is 121 Å². The molecule has 0 saturated heterocycles. The third-order valence-electron chi connectivity index (χ3n) is 6.43. The summed E-state index contributed by atoms with van der Waals surface area (Å²) >= 11 is 0. The van der Waals surface area contributed by atoms with Crippen LogP contribution in [0.25, 0.3) is 21.9 Å². The number of nitrogens with one attached hydrogen (secondary N) is 1. The Morgan fingerprint density at radius 3 is 2.53 bits per heavy atom. The minimum absolute atomic E-state index is 0.186. The van der Waals surface area contributed by atoms with Crippen LogP contribution in [-0.4, -0.2) is 22.4 Å². The Balaban J connectivity index is 1.40. The van der Waals surface area contributed by atoms with E-state index < -0.39 is 0 Å². The number of nitrogens with zero attached hydrogens (tertiary/aromatic N) is 3. The van der Waals surface area contributed by atoms with Gasteiger partial charge in [0.05, 0.1) is 5.69 Å². The van der Waals surface area contributed by atoms with E-state index >= 15 is 0 Å². The average Bonchev–Trinajstić information content (AvgIpc) is 3.34. The van der Waals surface area contributed by atoms with Gasteiger partial charge in [-0.05, 0) is 67.1 Å². The van der Waals surface area contributed by atoms with Crippen LogP contribution in [0, 0.1) is 0 Å². The third-order valence-corrected chi connectivity index (χ3v) is 6.43. The zero-order valence-electron chi connectivity index (χ0n) is 20.5. The number of hydrogen-bond acceptors (Lipinski definition) is 6. The molecule has 0 bridgehead atoms. The maximum atomic E-state index is 13.0. The molecule has 186 valence electrons. The van der Waals surface area contributed by atoms with Crippen molar-refractivity contribution >= 4 is 50.7 Å². The van der Waals surface area contributed by atoms with Gasteiger partial charge in [0.1, 0.15) is 17.7 Å². The van der Waals surface area contributed by atoms with E-state index in [1.807, 2.05) is 89.8 Å². The summed E-state index contributed by atoms with van der Waals surface area (Å²) in [6.45, 7) is 0.572. The molecule has 2 aromatic heterocycles. The van der Waals surface area contributed by atoms with E-state index in [0.717, 1.165) is 45.3 Å². The summed E-state index contributed by atoms with van der Waals surface area (Å²) in [4.78, 5) is 23.6. The number of amides is 1. The van der Waals surface area contributed by atoms with Crippen LogP contribution in [0.4, 0.5) is 22.9 Å². The second-order valence-corrected chi connectivity index (χ2v) is 8.90. The number of aromatic nitrogens is 2. The number of hydrogen-bond donors (Lipinski definition) is 2. The number of para-hydroxylation sites is 2. The van der Waals surface area contributed by atoms with Gasteiger partial charge in [-0.15, -0.1) is 0 Å². The molecule has 0 fully saturated rings. The highest BCUT2D eigenvalue weighted by atomic mass is 16.3. The van der Waals surface area contributed by atoms with Gasteiger partial charge in [0.2, 0.25) is 0 Å². The largest absolute Gasteiger partial charge is 0.454 e. The summed E-state index contributed by atoms with van der Waals surface area (Å²) in [5.74, 6) is 0.487. The Morgan fingerprint density at radius 2 is 1.71 bits per heavy atom. The SMILES string of the molecule is NCCc1ccc(C(=O)Nc2cccc(N(c3ccncn3)c3cccc4c3oc3ccccc34)c2)cc1. The molecule has 0 aliphatic carbocycles. The van der Waals surface area contributed by atoms with Crippen molar-refractivity contribution in [2.75, 3.05) is 16.8 Å². The number of nitrogens with two attached hydrogens (primary N) is 1. The molecule has 6 aromatic rings. The van der Waals surface area contributed by atoms with Crippen molar-refractivity contribution in [2.24, 2.45) is 5.73 Å². The van der Waals surface area contributed by atoms with E-state index in [-0.39, 0.29) is 5.91 Å². The fraction of sp³-hybridized carbons (Fsp3) is 0.0645. The van der Waals surface area contributed by atoms with Crippen molar-refractivity contribution in [1.82, 2.24) is 9.97 Å². The fourth-order valence-electron chi connectivity index (χ4n) is 4.63. The predicted molar refractivity (Wildman–Crippen MR) is 151 cm³/mol. The Morgan fingerprint density at radius 1 is 0.895 bits per heavy atom. The summed E-state index contributed by atoms with van der Waals surface area (Å²) < 4.78 is 6.32. The maximum Gasteiger partial charge on any atom is 0.255 e. The first kappa shape index (κ1) is 23.4. The number of benzene rings is 4.